The lowest BCUT2D eigenvalue weighted by molar-refractivity contribution is 0.0579. The molecule has 0 saturated carbocycles. The number of likely N-dealkylation sites (N-methyl/N-ethyl adjacent to an activating group) is 1. The Morgan fingerprint density at radius 2 is 2.33 bits per heavy atom. The molecule has 0 saturated heterocycles. The lowest BCUT2D eigenvalue weighted by atomic mass is 10.2. The van der Waals surface area contributed by atoms with Gasteiger partial charge < -0.3 is 9.64 Å². The molecule has 0 radical (unpaired) electrons. The minimum absolute atomic E-state index is 0.0115. The van der Waals surface area contributed by atoms with Gasteiger partial charge in [-0.15, -0.1) is 0 Å². The van der Waals surface area contributed by atoms with Crippen LogP contribution in [-0.2, 0) is 4.74 Å². The standard InChI is InChI=1S/C12H16BrClN2O2/c1-4-16(8(2)7-18-3)12(17)10-5-9(13)6-15-11(10)14/h5-6,8H,4,7H2,1-3H3/t8-/m0/s1. The molecule has 6 heteroatoms. The quantitative estimate of drug-likeness (QED) is 0.777. The number of carbonyl (C=O) groups is 1. The maximum Gasteiger partial charge on any atom is 0.257 e. The number of ether oxygens (including phenoxy) is 1. The van der Waals surface area contributed by atoms with E-state index in [-0.39, 0.29) is 17.1 Å². The molecule has 1 amide bonds. The Morgan fingerprint density at radius 1 is 1.67 bits per heavy atom. The maximum atomic E-state index is 12.4. The van der Waals surface area contributed by atoms with Gasteiger partial charge >= 0.3 is 0 Å². The Kier molecular flexibility index (Phi) is 6.05. The molecular weight excluding hydrogens is 320 g/mol. The Labute approximate surface area is 120 Å². The van der Waals surface area contributed by atoms with Crippen molar-refractivity contribution >= 4 is 33.4 Å². The molecule has 1 heterocycles. The van der Waals surface area contributed by atoms with Crippen LogP contribution in [0.3, 0.4) is 0 Å². The van der Waals surface area contributed by atoms with E-state index in [4.69, 9.17) is 16.3 Å². The summed E-state index contributed by atoms with van der Waals surface area (Å²) in [6.45, 7) is 4.93. The van der Waals surface area contributed by atoms with Gasteiger partial charge in [0.25, 0.3) is 5.91 Å². The third kappa shape index (κ3) is 3.67. The first-order valence-electron chi connectivity index (χ1n) is 5.62. The highest BCUT2D eigenvalue weighted by molar-refractivity contribution is 9.10. The minimum atomic E-state index is -0.138. The van der Waals surface area contributed by atoms with Crippen LogP contribution in [-0.4, -0.2) is 42.1 Å². The number of carbonyl (C=O) groups excluding carboxylic acids is 1. The Balaban J connectivity index is 2.99. The van der Waals surface area contributed by atoms with Crippen molar-refractivity contribution in [2.24, 2.45) is 0 Å². The van der Waals surface area contributed by atoms with E-state index in [1.165, 1.54) is 0 Å². The second-order valence-corrected chi connectivity index (χ2v) is 5.16. The van der Waals surface area contributed by atoms with Gasteiger partial charge in [0.05, 0.1) is 18.2 Å². The van der Waals surface area contributed by atoms with Gasteiger partial charge in [-0.25, -0.2) is 4.98 Å². The van der Waals surface area contributed by atoms with Gasteiger partial charge in [-0.05, 0) is 35.8 Å². The van der Waals surface area contributed by atoms with Gasteiger partial charge in [-0.3, -0.25) is 4.79 Å². The van der Waals surface area contributed by atoms with Crippen molar-refractivity contribution in [3.63, 3.8) is 0 Å². The molecule has 0 bridgehead atoms. The summed E-state index contributed by atoms with van der Waals surface area (Å²) < 4.78 is 5.80. The number of hydrogen-bond acceptors (Lipinski definition) is 3. The second-order valence-electron chi connectivity index (χ2n) is 3.89. The lowest BCUT2D eigenvalue weighted by Crippen LogP contribution is -2.41. The fraction of sp³-hybridized carbons (Fsp3) is 0.500. The van der Waals surface area contributed by atoms with E-state index in [0.717, 1.165) is 4.47 Å². The molecule has 0 aliphatic rings. The molecule has 1 atom stereocenters. The van der Waals surface area contributed by atoms with Crippen molar-refractivity contribution in [1.82, 2.24) is 9.88 Å². The molecule has 1 aromatic rings. The summed E-state index contributed by atoms with van der Waals surface area (Å²) in [4.78, 5) is 18.1. The van der Waals surface area contributed by atoms with Gasteiger partial charge in [0.2, 0.25) is 0 Å². The smallest absolute Gasteiger partial charge is 0.257 e. The van der Waals surface area contributed by atoms with Crippen molar-refractivity contribution in [1.29, 1.82) is 0 Å². The average Bonchev–Trinajstić information content (AvgIpc) is 2.33. The number of aromatic nitrogens is 1. The van der Waals surface area contributed by atoms with Crippen LogP contribution in [0.4, 0.5) is 0 Å². The fourth-order valence-electron chi connectivity index (χ4n) is 1.71. The molecule has 0 N–H and O–H groups in total. The second kappa shape index (κ2) is 7.07. The summed E-state index contributed by atoms with van der Waals surface area (Å²) in [6.07, 6.45) is 1.56. The molecule has 100 valence electrons. The molecule has 1 rings (SSSR count). The van der Waals surface area contributed by atoms with Gasteiger partial charge in [-0.1, -0.05) is 11.6 Å². The molecule has 0 fully saturated rings. The molecule has 4 nitrogen and oxygen atoms in total. The van der Waals surface area contributed by atoms with E-state index in [9.17, 15) is 4.79 Å². The minimum Gasteiger partial charge on any atom is -0.383 e. The number of pyridine rings is 1. The molecular formula is C12H16BrClN2O2. The van der Waals surface area contributed by atoms with Crippen molar-refractivity contribution in [2.45, 2.75) is 19.9 Å². The zero-order valence-electron chi connectivity index (χ0n) is 10.6. The first-order valence-corrected chi connectivity index (χ1v) is 6.79. The van der Waals surface area contributed by atoms with Crippen LogP contribution in [0, 0.1) is 0 Å². The molecule has 0 aliphatic heterocycles. The highest BCUT2D eigenvalue weighted by Crippen LogP contribution is 2.20. The Hall–Kier alpha value is -0.650. The van der Waals surface area contributed by atoms with Gasteiger partial charge in [-0.2, -0.15) is 0 Å². The molecule has 0 spiro atoms. The zero-order valence-corrected chi connectivity index (χ0v) is 13.0. The number of methoxy groups -OCH3 is 1. The fourth-order valence-corrected chi connectivity index (χ4v) is 2.23. The zero-order chi connectivity index (χ0) is 13.7. The molecule has 18 heavy (non-hydrogen) atoms. The Bertz CT molecular complexity index is 429. The van der Waals surface area contributed by atoms with E-state index in [1.54, 1.807) is 24.3 Å². The van der Waals surface area contributed by atoms with Crippen LogP contribution in [0.5, 0.6) is 0 Å². The van der Waals surface area contributed by atoms with E-state index in [2.05, 4.69) is 20.9 Å². The highest BCUT2D eigenvalue weighted by atomic mass is 79.9. The van der Waals surface area contributed by atoms with Gasteiger partial charge in [0.15, 0.2) is 0 Å². The summed E-state index contributed by atoms with van der Waals surface area (Å²) >= 11 is 9.25. The molecule has 0 aromatic carbocycles. The number of hydrogen-bond donors (Lipinski definition) is 0. The van der Waals surface area contributed by atoms with Gasteiger partial charge in [0.1, 0.15) is 5.15 Å². The molecule has 0 unspecified atom stereocenters. The highest BCUT2D eigenvalue weighted by Gasteiger charge is 2.22. The van der Waals surface area contributed by atoms with Gasteiger partial charge in [0, 0.05) is 24.3 Å². The number of rotatable bonds is 5. The first kappa shape index (κ1) is 15.4. The SMILES string of the molecule is CCN(C(=O)c1cc(Br)cnc1Cl)[C@@H](C)COC. The summed E-state index contributed by atoms with van der Waals surface area (Å²) in [5, 5.41) is 0.214. The van der Waals surface area contributed by atoms with E-state index < -0.39 is 0 Å². The predicted molar refractivity (Wildman–Crippen MR) is 75.0 cm³/mol. The number of halogens is 2. The van der Waals surface area contributed by atoms with E-state index in [1.807, 2.05) is 13.8 Å². The summed E-state index contributed by atoms with van der Waals surface area (Å²) in [7, 11) is 1.61. The number of amides is 1. The van der Waals surface area contributed by atoms with Crippen molar-refractivity contribution in [3.8, 4) is 0 Å². The van der Waals surface area contributed by atoms with Crippen LogP contribution in [0.15, 0.2) is 16.7 Å². The summed E-state index contributed by atoms with van der Waals surface area (Å²) in [6, 6.07) is 1.67. The predicted octanol–water partition coefficient (Wildman–Crippen LogP) is 2.99. The maximum absolute atomic E-state index is 12.4. The van der Waals surface area contributed by atoms with E-state index in [0.29, 0.717) is 18.7 Å². The Morgan fingerprint density at radius 3 is 2.89 bits per heavy atom. The third-order valence-corrected chi connectivity index (χ3v) is 3.31. The first-order chi connectivity index (χ1) is 8.51. The van der Waals surface area contributed by atoms with Crippen LogP contribution in [0.25, 0.3) is 0 Å². The molecule has 0 aliphatic carbocycles. The van der Waals surface area contributed by atoms with E-state index >= 15 is 0 Å². The van der Waals surface area contributed by atoms with Crippen LogP contribution in [0.2, 0.25) is 5.15 Å². The van der Waals surface area contributed by atoms with Crippen molar-refractivity contribution < 1.29 is 9.53 Å². The third-order valence-electron chi connectivity index (χ3n) is 2.58. The van der Waals surface area contributed by atoms with Crippen LogP contribution in [0.1, 0.15) is 24.2 Å². The van der Waals surface area contributed by atoms with Crippen molar-refractivity contribution in [2.75, 3.05) is 20.3 Å². The monoisotopic (exact) mass is 334 g/mol. The normalized spacial score (nSPS) is 12.3. The molecule has 1 aromatic heterocycles. The van der Waals surface area contributed by atoms with Crippen LogP contribution >= 0.6 is 27.5 Å². The summed E-state index contributed by atoms with van der Waals surface area (Å²) in [5.41, 5.74) is 0.399. The summed E-state index contributed by atoms with van der Waals surface area (Å²) in [5.74, 6) is -0.138. The average molecular weight is 336 g/mol. The number of nitrogens with zero attached hydrogens (tertiary/aromatic N) is 2. The lowest BCUT2D eigenvalue weighted by Gasteiger charge is -2.27. The van der Waals surface area contributed by atoms with Crippen molar-refractivity contribution in [3.05, 3.63) is 27.5 Å². The largest absolute Gasteiger partial charge is 0.383 e. The topological polar surface area (TPSA) is 42.4 Å². The van der Waals surface area contributed by atoms with Crippen LogP contribution < -0.4 is 0 Å².